The summed E-state index contributed by atoms with van der Waals surface area (Å²) in [5, 5.41) is 0.0170. The van der Waals surface area contributed by atoms with Crippen molar-refractivity contribution >= 4 is 18.2 Å². The predicted octanol–water partition coefficient (Wildman–Crippen LogP) is 9.04. The van der Waals surface area contributed by atoms with Gasteiger partial charge in [-0.05, 0) is 78.4 Å². The Balaban J connectivity index is 1.63. The first kappa shape index (κ1) is 34.6. The summed E-state index contributed by atoms with van der Waals surface area (Å²) in [6, 6.07) is 37.4. The summed E-state index contributed by atoms with van der Waals surface area (Å²) in [5.41, 5.74) is 2.18. The van der Waals surface area contributed by atoms with E-state index in [0.29, 0.717) is 30.8 Å². The third-order valence-corrected chi connectivity index (χ3v) is 15.3. The molecule has 240 valence electrons. The van der Waals surface area contributed by atoms with Crippen LogP contribution in [0.25, 0.3) is 0 Å². The fraction of sp³-hybridized carbons (Fsp3) is 0.368. The maximum absolute atomic E-state index is 13.1. The number of benzene rings is 4. The molecule has 0 spiro atoms. The van der Waals surface area contributed by atoms with Gasteiger partial charge in [0.05, 0.1) is 24.4 Å². The highest BCUT2D eigenvalue weighted by molar-refractivity contribution is 7.91. The molecule has 4 aromatic carbocycles. The second kappa shape index (κ2) is 14.9. The maximum atomic E-state index is 13.1. The second-order valence-corrected chi connectivity index (χ2v) is 19.9. The lowest BCUT2D eigenvalue weighted by atomic mass is 9.80. The molecule has 7 heteroatoms. The Bertz CT molecular complexity index is 1530. The van der Waals surface area contributed by atoms with E-state index in [4.69, 9.17) is 13.9 Å². The molecule has 5 nitrogen and oxygen atoms in total. The summed E-state index contributed by atoms with van der Waals surface area (Å²) in [6.45, 7) is 11.6. The van der Waals surface area contributed by atoms with Gasteiger partial charge in [-0.2, -0.15) is 0 Å². The van der Waals surface area contributed by atoms with Crippen LogP contribution in [0.4, 0.5) is 0 Å². The van der Waals surface area contributed by atoms with Crippen molar-refractivity contribution in [3.63, 3.8) is 0 Å². The average Bonchev–Trinajstić information content (AvgIpc) is 3.04. The third kappa shape index (κ3) is 8.53. The fourth-order valence-corrected chi connectivity index (χ4v) is 8.14. The van der Waals surface area contributed by atoms with E-state index in [-0.39, 0.29) is 16.9 Å². The molecule has 0 radical (unpaired) electrons. The minimum atomic E-state index is -3.37. The molecule has 0 saturated heterocycles. The molecule has 0 aliphatic carbocycles. The number of ether oxygens (including phenoxy) is 2. The van der Waals surface area contributed by atoms with Crippen molar-refractivity contribution < 1.29 is 22.3 Å². The van der Waals surface area contributed by atoms with Crippen LogP contribution in [0.3, 0.4) is 0 Å². The topological polar surface area (TPSA) is 61.8 Å². The molecule has 0 bridgehead atoms. The van der Waals surface area contributed by atoms with Gasteiger partial charge in [0.25, 0.3) is 0 Å². The van der Waals surface area contributed by atoms with Crippen LogP contribution in [-0.2, 0) is 24.6 Å². The van der Waals surface area contributed by atoms with Crippen molar-refractivity contribution in [3.8, 4) is 5.75 Å². The minimum Gasteiger partial charge on any atom is -0.497 e. The molecule has 4 rings (SSSR count). The molecule has 0 heterocycles. The zero-order valence-electron chi connectivity index (χ0n) is 27.5. The first-order valence-corrected chi connectivity index (χ1v) is 20.3. The van der Waals surface area contributed by atoms with Crippen LogP contribution in [0, 0.1) is 0 Å². The Hall–Kier alpha value is -3.23. The summed E-state index contributed by atoms with van der Waals surface area (Å²) in [7, 11) is -3.85. The van der Waals surface area contributed by atoms with Crippen molar-refractivity contribution in [3.05, 3.63) is 132 Å². The Kier molecular flexibility index (Phi) is 11.5. The quantitative estimate of drug-likeness (QED) is 0.0955. The zero-order chi connectivity index (χ0) is 32.6. The van der Waals surface area contributed by atoms with E-state index in [0.717, 1.165) is 22.4 Å². The molecule has 45 heavy (non-hydrogen) atoms. The Morgan fingerprint density at radius 3 is 1.67 bits per heavy atom. The lowest BCUT2D eigenvalue weighted by molar-refractivity contribution is -0.00466. The average molecular weight is 645 g/mol. The molecule has 0 unspecified atom stereocenters. The normalized spacial score (nSPS) is 13.4. The van der Waals surface area contributed by atoms with Gasteiger partial charge in [0.1, 0.15) is 11.4 Å². The largest absolute Gasteiger partial charge is 0.497 e. The Morgan fingerprint density at radius 1 is 0.689 bits per heavy atom. The molecule has 0 aromatic heterocycles. The Morgan fingerprint density at radius 2 is 1.18 bits per heavy atom. The van der Waals surface area contributed by atoms with Crippen molar-refractivity contribution in [2.45, 2.75) is 74.8 Å². The van der Waals surface area contributed by atoms with Crippen LogP contribution in [0.2, 0.25) is 18.1 Å². The van der Waals surface area contributed by atoms with E-state index in [9.17, 15) is 8.42 Å². The number of rotatable bonds is 15. The number of sulfone groups is 1. The molecule has 0 amide bonds. The Labute approximate surface area is 271 Å². The summed E-state index contributed by atoms with van der Waals surface area (Å²) >= 11 is 0. The van der Waals surface area contributed by atoms with Crippen LogP contribution >= 0.6 is 0 Å². The SMILES string of the molecule is COc1ccc(C(OCC[C@@H](CCCS(=O)(=O)c2ccccc2)O[Si](C)(C)C(C)(C)C)(c2ccccc2)c2ccccc2)cc1. The second-order valence-electron chi connectivity index (χ2n) is 13.1. The minimum absolute atomic E-state index is 0.0170. The van der Waals surface area contributed by atoms with Crippen LogP contribution in [0.5, 0.6) is 5.75 Å². The summed E-state index contributed by atoms with van der Waals surface area (Å²) in [4.78, 5) is 0.366. The van der Waals surface area contributed by atoms with Crippen molar-refractivity contribution in [1.82, 2.24) is 0 Å². The molecular formula is C38H48O5SSi. The first-order chi connectivity index (χ1) is 21.4. The molecular weight excluding hydrogens is 597 g/mol. The highest BCUT2D eigenvalue weighted by Crippen LogP contribution is 2.42. The van der Waals surface area contributed by atoms with E-state index < -0.39 is 23.8 Å². The molecule has 4 aromatic rings. The molecule has 0 aliphatic rings. The van der Waals surface area contributed by atoms with Crippen LogP contribution in [0.1, 0.15) is 56.7 Å². The molecule has 0 N–H and O–H groups in total. The fourth-order valence-electron chi connectivity index (χ4n) is 5.37. The van der Waals surface area contributed by atoms with Gasteiger partial charge in [-0.15, -0.1) is 0 Å². The third-order valence-electron chi connectivity index (χ3n) is 8.92. The van der Waals surface area contributed by atoms with Gasteiger partial charge >= 0.3 is 0 Å². The van der Waals surface area contributed by atoms with E-state index in [1.165, 1.54) is 0 Å². The van der Waals surface area contributed by atoms with Crippen LogP contribution in [-0.4, -0.2) is 42.3 Å². The van der Waals surface area contributed by atoms with Crippen LogP contribution < -0.4 is 4.74 Å². The van der Waals surface area contributed by atoms with Crippen molar-refractivity contribution in [2.75, 3.05) is 19.5 Å². The number of methoxy groups -OCH3 is 1. The van der Waals surface area contributed by atoms with Gasteiger partial charge in [-0.3, -0.25) is 0 Å². The van der Waals surface area contributed by atoms with Crippen molar-refractivity contribution in [2.24, 2.45) is 0 Å². The molecule has 0 saturated carbocycles. The highest BCUT2D eigenvalue weighted by Gasteiger charge is 2.40. The lowest BCUT2D eigenvalue weighted by Gasteiger charge is -2.40. The van der Waals surface area contributed by atoms with Gasteiger partial charge in [0.2, 0.25) is 0 Å². The highest BCUT2D eigenvalue weighted by atomic mass is 32.2. The lowest BCUT2D eigenvalue weighted by Crippen LogP contribution is -2.44. The molecule has 1 atom stereocenters. The molecule has 0 aliphatic heterocycles. The molecule has 0 fully saturated rings. The van der Waals surface area contributed by atoms with Gasteiger partial charge in [-0.25, -0.2) is 8.42 Å². The monoisotopic (exact) mass is 644 g/mol. The summed E-state index contributed by atoms with van der Waals surface area (Å²) in [5.74, 6) is 0.862. The van der Waals surface area contributed by atoms with E-state index >= 15 is 0 Å². The maximum Gasteiger partial charge on any atom is 0.192 e. The van der Waals surface area contributed by atoms with Gasteiger partial charge < -0.3 is 13.9 Å². The number of hydrogen-bond donors (Lipinski definition) is 0. The van der Waals surface area contributed by atoms with Crippen LogP contribution in [0.15, 0.2) is 120 Å². The summed E-state index contributed by atoms with van der Waals surface area (Å²) < 4.78 is 45.6. The van der Waals surface area contributed by atoms with Crippen molar-refractivity contribution in [1.29, 1.82) is 0 Å². The predicted molar refractivity (Wildman–Crippen MR) is 186 cm³/mol. The van der Waals surface area contributed by atoms with Gasteiger partial charge in [-0.1, -0.05) is 112 Å². The van der Waals surface area contributed by atoms with E-state index in [1.807, 2.05) is 54.6 Å². The van der Waals surface area contributed by atoms with E-state index in [1.54, 1.807) is 31.4 Å². The summed E-state index contributed by atoms with van der Waals surface area (Å²) in [6.07, 6.45) is 1.64. The zero-order valence-corrected chi connectivity index (χ0v) is 29.3. The van der Waals surface area contributed by atoms with Gasteiger partial charge in [0.15, 0.2) is 18.2 Å². The van der Waals surface area contributed by atoms with E-state index in [2.05, 4.69) is 70.3 Å². The van der Waals surface area contributed by atoms with Gasteiger partial charge in [0, 0.05) is 6.10 Å². The standard InChI is InChI=1S/C38H48O5SSi/c1-37(2,3)45(5,6)43-35(21-16-30-44(39,40)36-22-14-9-15-23-36)28-29-42-38(31-17-10-7-11-18-31,32-19-12-8-13-20-32)33-24-26-34(41-4)27-25-33/h7-15,17-20,22-27,35H,16,21,28-30H2,1-6H3/t35-/m1/s1. The first-order valence-electron chi connectivity index (χ1n) is 15.7. The number of hydrogen-bond acceptors (Lipinski definition) is 5. The smallest absolute Gasteiger partial charge is 0.192 e.